The Bertz CT molecular complexity index is 843. The summed E-state index contributed by atoms with van der Waals surface area (Å²) in [6, 6.07) is 28.9. The van der Waals surface area contributed by atoms with Crippen molar-refractivity contribution in [3.63, 3.8) is 0 Å². The van der Waals surface area contributed by atoms with Crippen LogP contribution in [0.1, 0.15) is 17.2 Å². The molecule has 4 aromatic rings. The van der Waals surface area contributed by atoms with Gasteiger partial charge >= 0.3 is 0 Å². The molecular weight excluding hydrogens is 270 g/mol. The van der Waals surface area contributed by atoms with Crippen molar-refractivity contribution in [3.8, 4) is 0 Å². The average Bonchev–Trinajstić information content (AvgIpc) is 3.01. The monoisotopic (exact) mass is 285 g/mol. The number of fused-ring (bicyclic) bond motifs is 1. The summed E-state index contributed by atoms with van der Waals surface area (Å²) in [6.45, 7) is 0. The van der Waals surface area contributed by atoms with E-state index in [0.29, 0.717) is 0 Å². The Hall–Kier alpha value is -2.94. The molecule has 0 aliphatic rings. The molecule has 0 saturated heterocycles. The largest absolute Gasteiger partial charge is 0.233 e. The van der Waals surface area contributed by atoms with Crippen LogP contribution in [-0.2, 0) is 0 Å². The maximum atomic E-state index is 4.42. The highest BCUT2D eigenvalue weighted by Crippen LogP contribution is 2.28. The van der Waals surface area contributed by atoms with Gasteiger partial charge in [0.25, 0.3) is 0 Å². The maximum absolute atomic E-state index is 4.42. The molecule has 106 valence electrons. The van der Waals surface area contributed by atoms with Gasteiger partial charge in [-0.3, -0.25) is 0 Å². The molecule has 0 spiro atoms. The number of aromatic nitrogens is 3. The fraction of sp³-hybridized carbons (Fsp3) is 0.0526. The van der Waals surface area contributed by atoms with E-state index in [-0.39, 0.29) is 6.04 Å². The summed E-state index contributed by atoms with van der Waals surface area (Å²) in [5.74, 6) is 0. The Kier molecular flexibility index (Phi) is 3.16. The van der Waals surface area contributed by atoms with Crippen molar-refractivity contribution in [1.29, 1.82) is 0 Å². The van der Waals surface area contributed by atoms with Crippen molar-refractivity contribution in [1.82, 2.24) is 15.0 Å². The van der Waals surface area contributed by atoms with Crippen LogP contribution in [0.3, 0.4) is 0 Å². The third-order valence-corrected chi connectivity index (χ3v) is 3.85. The van der Waals surface area contributed by atoms with Crippen LogP contribution in [0, 0.1) is 0 Å². The summed E-state index contributed by atoms with van der Waals surface area (Å²) < 4.78 is 2.00. The van der Waals surface area contributed by atoms with Crippen LogP contribution >= 0.6 is 0 Å². The molecule has 0 atom stereocenters. The van der Waals surface area contributed by atoms with E-state index in [2.05, 4.69) is 64.9 Å². The van der Waals surface area contributed by atoms with E-state index < -0.39 is 0 Å². The van der Waals surface area contributed by atoms with Gasteiger partial charge in [-0.05, 0) is 23.3 Å². The van der Waals surface area contributed by atoms with Crippen LogP contribution in [0.15, 0.2) is 84.9 Å². The Labute approximate surface area is 128 Å². The van der Waals surface area contributed by atoms with Crippen LogP contribution in [-0.4, -0.2) is 15.0 Å². The molecule has 1 heterocycles. The van der Waals surface area contributed by atoms with Gasteiger partial charge in [0.05, 0.1) is 5.52 Å². The molecule has 0 aliphatic carbocycles. The second-order valence-corrected chi connectivity index (χ2v) is 5.25. The molecule has 0 bridgehead atoms. The van der Waals surface area contributed by atoms with Crippen LogP contribution in [0.4, 0.5) is 0 Å². The Morgan fingerprint density at radius 3 is 1.82 bits per heavy atom. The summed E-state index contributed by atoms with van der Waals surface area (Å²) in [7, 11) is 0. The first-order chi connectivity index (χ1) is 10.9. The molecule has 0 amide bonds. The summed E-state index contributed by atoms with van der Waals surface area (Å²) in [4.78, 5) is 0. The first-order valence-electron chi connectivity index (χ1n) is 7.33. The minimum Gasteiger partial charge on any atom is -0.233 e. The van der Waals surface area contributed by atoms with E-state index in [1.54, 1.807) is 0 Å². The lowest BCUT2D eigenvalue weighted by Gasteiger charge is -2.19. The number of hydrogen-bond donors (Lipinski definition) is 0. The highest BCUT2D eigenvalue weighted by molar-refractivity contribution is 5.74. The van der Waals surface area contributed by atoms with Gasteiger partial charge in [-0.15, -0.1) is 5.10 Å². The van der Waals surface area contributed by atoms with E-state index in [1.807, 2.05) is 35.0 Å². The lowest BCUT2D eigenvalue weighted by atomic mass is 9.99. The highest BCUT2D eigenvalue weighted by Gasteiger charge is 2.19. The van der Waals surface area contributed by atoms with Gasteiger partial charge in [0.1, 0.15) is 11.6 Å². The molecule has 22 heavy (non-hydrogen) atoms. The van der Waals surface area contributed by atoms with Crippen LogP contribution in [0.25, 0.3) is 11.0 Å². The molecule has 0 aliphatic heterocycles. The van der Waals surface area contributed by atoms with Crippen molar-refractivity contribution in [2.75, 3.05) is 0 Å². The zero-order valence-corrected chi connectivity index (χ0v) is 12.0. The van der Waals surface area contributed by atoms with Crippen LogP contribution in [0.5, 0.6) is 0 Å². The molecule has 0 radical (unpaired) electrons. The summed E-state index contributed by atoms with van der Waals surface area (Å²) >= 11 is 0. The zero-order chi connectivity index (χ0) is 14.8. The predicted octanol–water partition coefficient (Wildman–Crippen LogP) is 4.07. The third-order valence-electron chi connectivity index (χ3n) is 3.85. The number of benzene rings is 3. The first kappa shape index (κ1) is 12.8. The second kappa shape index (κ2) is 5.45. The summed E-state index contributed by atoms with van der Waals surface area (Å²) in [5.41, 5.74) is 4.35. The van der Waals surface area contributed by atoms with E-state index in [1.165, 1.54) is 11.1 Å². The molecule has 3 nitrogen and oxygen atoms in total. The van der Waals surface area contributed by atoms with Crippen molar-refractivity contribution in [3.05, 3.63) is 96.1 Å². The quantitative estimate of drug-likeness (QED) is 0.568. The SMILES string of the molecule is c1ccc(C(c2ccccc2)n2nnc3ccccc32)cc1. The summed E-state index contributed by atoms with van der Waals surface area (Å²) in [6.07, 6.45) is 0. The Morgan fingerprint density at radius 2 is 1.18 bits per heavy atom. The molecule has 0 saturated carbocycles. The molecule has 3 aromatic carbocycles. The van der Waals surface area contributed by atoms with Gasteiger partial charge in [-0.25, -0.2) is 4.68 Å². The standard InChI is InChI=1S/C19H15N3/c1-3-9-15(10-4-1)19(16-11-5-2-6-12-16)22-18-14-8-7-13-17(18)20-21-22/h1-14,19H. The molecular formula is C19H15N3. The van der Waals surface area contributed by atoms with Gasteiger partial charge in [0.15, 0.2) is 0 Å². The molecule has 0 N–H and O–H groups in total. The Balaban J connectivity index is 1.95. The van der Waals surface area contributed by atoms with Crippen LogP contribution in [0.2, 0.25) is 0 Å². The van der Waals surface area contributed by atoms with Gasteiger partial charge < -0.3 is 0 Å². The predicted molar refractivity (Wildman–Crippen MR) is 87.7 cm³/mol. The number of hydrogen-bond acceptors (Lipinski definition) is 2. The second-order valence-electron chi connectivity index (χ2n) is 5.25. The maximum Gasteiger partial charge on any atom is 0.113 e. The fourth-order valence-electron chi connectivity index (χ4n) is 2.82. The van der Waals surface area contributed by atoms with E-state index in [9.17, 15) is 0 Å². The van der Waals surface area contributed by atoms with Crippen molar-refractivity contribution in [2.24, 2.45) is 0 Å². The summed E-state index contributed by atoms with van der Waals surface area (Å²) in [5, 5.41) is 8.72. The molecule has 3 heteroatoms. The molecule has 0 fully saturated rings. The number of para-hydroxylation sites is 1. The van der Waals surface area contributed by atoms with Crippen LogP contribution < -0.4 is 0 Å². The highest BCUT2D eigenvalue weighted by atomic mass is 15.4. The zero-order valence-electron chi connectivity index (χ0n) is 12.0. The number of nitrogens with zero attached hydrogens (tertiary/aromatic N) is 3. The van der Waals surface area contributed by atoms with Crippen molar-refractivity contribution >= 4 is 11.0 Å². The minimum atomic E-state index is 0.0230. The van der Waals surface area contributed by atoms with E-state index in [0.717, 1.165) is 11.0 Å². The number of rotatable bonds is 3. The van der Waals surface area contributed by atoms with Crippen molar-refractivity contribution < 1.29 is 0 Å². The van der Waals surface area contributed by atoms with Gasteiger partial charge in [-0.1, -0.05) is 78.0 Å². The third kappa shape index (κ3) is 2.17. The lowest BCUT2D eigenvalue weighted by Crippen LogP contribution is -2.13. The van der Waals surface area contributed by atoms with Gasteiger partial charge in [-0.2, -0.15) is 0 Å². The lowest BCUT2D eigenvalue weighted by molar-refractivity contribution is 0.589. The molecule has 0 unspecified atom stereocenters. The van der Waals surface area contributed by atoms with Crippen molar-refractivity contribution in [2.45, 2.75) is 6.04 Å². The van der Waals surface area contributed by atoms with Gasteiger partial charge in [0.2, 0.25) is 0 Å². The first-order valence-corrected chi connectivity index (χ1v) is 7.33. The molecule has 1 aromatic heterocycles. The van der Waals surface area contributed by atoms with E-state index >= 15 is 0 Å². The normalized spacial score (nSPS) is 11.1. The minimum absolute atomic E-state index is 0.0230. The van der Waals surface area contributed by atoms with Gasteiger partial charge in [0, 0.05) is 0 Å². The van der Waals surface area contributed by atoms with E-state index in [4.69, 9.17) is 0 Å². The fourth-order valence-corrected chi connectivity index (χ4v) is 2.82. The smallest absolute Gasteiger partial charge is 0.113 e. The molecule has 4 rings (SSSR count). The average molecular weight is 285 g/mol. The topological polar surface area (TPSA) is 30.7 Å². The Morgan fingerprint density at radius 1 is 0.636 bits per heavy atom.